The van der Waals surface area contributed by atoms with Gasteiger partial charge in [-0.3, -0.25) is 0 Å². The first-order chi connectivity index (χ1) is 7.27. The average Bonchev–Trinajstić information content (AvgIpc) is 2.70. The third-order valence-electron chi connectivity index (χ3n) is 2.24. The van der Waals surface area contributed by atoms with Crippen LogP contribution in [0.1, 0.15) is 12.8 Å². The smallest absolute Gasteiger partial charge is 0.319 e. The van der Waals surface area contributed by atoms with Gasteiger partial charge in [-0.25, -0.2) is 4.79 Å². The molecule has 1 heterocycles. The van der Waals surface area contributed by atoms with Gasteiger partial charge in [0.2, 0.25) is 0 Å². The first-order valence-corrected chi connectivity index (χ1v) is 5.16. The molecule has 1 fully saturated rings. The summed E-state index contributed by atoms with van der Waals surface area (Å²) < 4.78 is 5.25. The normalized spacial score (nSPS) is 20.3. The predicted octanol–water partition coefficient (Wildman–Crippen LogP) is -0.881. The maximum Gasteiger partial charge on any atom is 0.319 e. The maximum absolute atomic E-state index is 11.6. The van der Waals surface area contributed by atoms with Crippen molar-refractivity contribution in [2.75, 3.05) is 32.9 Å². The van der Waals surface area contributed by atoms with E-state index in [1.54, 1.807) is 0 Å². The van der Waals surface area contributed by atoms with E-state index < -0.39 is 0 Å². The van der Waals surface area contributed by atoms with Crippen LogP contribution in [-0.2, 0) is 4.74 Å². The summed E-state index contributed by atoms with van der Waals surface area (Å²) in [6.45, 7) is 0.890. The molecule has 1 unspecified atom stereocenters. The van der Waals surface area contributed by atoms with Crippen molar-refractivity contribution < 1.29 is 19.7 Å². The molecule has 88 valence electrons. The van der Waals surface area contributed by atoms with E-state index in [1.807, 2.05) is 0 Å². The second-order valence-corrected chi connectivity index (χ2v) is 3.39. The van der Waals surface area contributed by atoms with Crippen LogP contribution >= 0.6 is 0 Å². The van der Waals surface area contributed by atoms with Gasteiger partial charge in [-0.15, -0.1) is 0 Å². The van der Waals surface area contributed by atoms with Gasteiger partial charge in [-0.05, 0) is 12.8 Å². The molecule has 1 saturated heterocycles. The monoisotopic (exact) mass is 218 g/mol. The fourth-order valence-corrected chi connectivity index (χ4v) is 1.48. The number of nitrogens with one attached hydrogen (secondary N) is 1. The quantitative estimate of drug-likeness (QED) is 0.559. The van der Waals surface area contributed by atoms with Crippen LogP contribution in [0.3, 0.4) is 0 Å². The zero-order valence-electron chi connectivity index (χ0n) is 8.69. The number of aliphatic hydroxyl groups excluding tert-OH is 2. The number of carbonyl (C=O) groups is 1. The second kappa shape index (κ2) is 6.60. The van der Waals surface area contributed by atoms with Crippen molar-refractivity contribution in [3.8, 4) is 0 Å². The van der Waals surface area contributed by atoms with E-state index in [1.165, 1.54) is 4.90 Å². The van der Waals surface area contributed by atoms with Gasteiger partial charge < -0.3 is 25.2 Å². The zero-order valence-corrected chi connectivity index (χ0v) is 8.69. The SMILES string of the molecule is O=C(NC1CCCO1)N(CCO)CCO. The molecule has 1 aliphatic heterocycles. The molecule has 2 amide bonds. The summed E-state index contributed by atoms with van der Waals surface area (Å²) in [5, 5.41) is 20.2. The molecule has 0 aliphatic carbocycles. The van der Waals surface area contributed by atoms with Gasteiger partial charge in [0.15, 0.2) is 0 Å². The Labute approximate surface area is 88.8 Å². The molecule has 0 aromatic rings. The molecule has 6 nitrogen and oxygen atoms in total. The minimum atomic E-state index is -0.301. The summed E-state index contributed by atoms with van der Waals surface area (Å²) in [7, 11) is 0. The Morgan fingerprint density at radius 3 is 2.53 bits per heavy atom. The minimum Gasteiger partial charge on any atom is -0.395 e. The lowest BCUT2D eigenvalue weighted by molar-refractivity contribution is 0.0799. The Bertz CT molecular complexity index is 189. The van der Waals surface area contributed by atoms with E-state index in [4.69, 9.17) is 14.9 Å². The molecule has 15 heavy (non-hydrogen) atoms. The zero-order chi connectivity index (χ0) is 11.1. The molecule has 1 rings (SSSR count). The highest BCUT2D eigenvalue weighted by Crippen LogP contribution is 2.09. The summed E-state index contributed by atoms with van der Waals surface area (Å²) >= 11 is 0. The van der Waals surface area contributed by atoms with Gasteiger partial charge in [0.25, 0.3) is 0 Å². The van der Waals surface area contributed by atoms with Crippen LogP contribution in [0.15, 0.2) is 0 Å². The predicted molar refractivity (Wildman–Crippen MR) is 53.3 cm³/mol. The van der Waals surface area contributed by atoms with Crippen molar-refractivity contribution in [1.29, 1.82) is 0 Å². The second-order valence-electron chi connectivity index (χ2n) is 3.39. The first-order valence-electron chi connectivity index (χ1n) is 5.16. The highest BCUT2D eigenvalue weighted by Gasteiger charge is 2.20. The van der Waals surface area contributed by atoms with Crippen LogP contribution in [0.25, 0.3) is 0 Å². The molecule has 3 N–H and O–H groups in total. The van der Waals surface area contributed by atoms with Crippen molar-refractivity contribution in [3.05, 3.63) is 0 Å². The largest absolute Gasteiger partial charge is 0.395 e. The standard InChI is InChI=1S/C9H18N2O4/c12-5-3-11(4-6-13)9(14)10-8-2-1-7-15-8/h8,12-13H,1-7H2,(H,10,14). The van der Waals surface area contributed by atoms with Gasteiger partial charge in [-0.2, -0.15) is 0 Å². The van der Waals surface area contributed by atoms with Gasteiger partial charge in [0, 0.05) is 19.7 Å². The Morgan fingerprint density at radius 2 is 2.07 bits per heavy atom. The van der Waals surface area contributed by atoms with E-state index in [0.717, 1.165) is 12.8 Å². The Kier molecular flexibility index (Phi) is 5.38. The lowest BCUT2D eigenvalue weighted by atomic mass is 10.3. The van der Waals surface area contributed by atoms with E-state index >= 15 is 0 Å². The summed E-state index contributed by atoms with van der Waals surface area (Å²) in [6.07, 6.45) is 1.54. The number of urea groups is 1. The average molecular weight is 218 g/mol. The van der Waals surface area contributed by atoms with Crippen LogP contribution < -0.4 is 5.32 Å². The van der Waals surface area contributed by atoms with E-state index in [2.05, 4.69) is 5.32 Å². The topological polar surface area (TPSA) is 82.0 Å². The van der Waals surface area contributed by atoms with Crippen molar-refractivity contribution in [2.24, 2.45) is 0 Å². The Hall–Kier alpha value is -0.850. The van der Waals surface area contributed by atoms with Crippen LogP contribution in [0.4, 0.5) is 4.79 Å². The molecule has 1 atom stereocenters. The number of hydrogen-bond acceptors (Lipinski definition) is 4. The lowest BCUT2D eigenvalue weighted by Crippen LogP contribution is -2.46. The summed E-state index contributed by atoms with van der Waals surface area (Å²) in [5.41, 5.74) is 0. The van der Waals surface area contributed by atoms with Crippen molar-refractivity contribution >= 4 is 6.03 Å². The van der Waals surface area contributed by atoms with E-state index in [0.29, 0.717) is 6.61 Å². The molecule has 0 saturated carbocycles. The van der Waals surface area contributed by atoms with Gasteiger partial charge in [0.05, 0.1) is 13.2 Å². The van der Waals surface area contributed by atoms with Crippen LogP contribution in [0, 0.1) is 0 Å². The number of aliphatic hydroxyl groups is 2. The number of ether oxygens (including phenoxy) is 1. The summed E-state index contributed by atoms with van der Waals surface area (Å²) in [5.74, 6) is 0. The molecule has 0 bridgehead atoms. The third kappa shape index (κ3) is 4.03. The number of carbonyl (C=O) groups excluding carboxylic acids is 1. The van der Waals surface area contributed by atoms with Crippen molar-refractivity contribution in [1.82, 2.24) is 10.2 Å². The molecule has 0 radical (unpaired) electrons. The molecule has 0 aromatic heterocycles. The van der Waals surface area contributed by atoms with Crippen molar-refractivity contribution in [3.63, 3.8) is 0 Å². The Morgan fingerprint density at radius 1 is 1.40 bits per heavy atom. The third-order valence-corrected chi connectivity index (χ3v) is 2.24. The number of rotatable bonds is 5. The van der Waals surface area contributed by atoms with Gasteiger partial charge in [0.1, 0.15) is 6.23 Å². The van der Waals surface area contributed by atoms with Crippen LogP contribution in [0.5, 0.6) is 0 Å². The highest BCUT2D eigenvalue weighted by atomic mass is 16.5. The van der Waals surface area contributed by atoms with E-state index in [-0.39, 0.29) is 38.6 Å². The van der Waals surface area contributed by atoms with Gasteiger partial charge in [-0.1, -0.05) is 0 Å². The van der Waals surface area contributed by atoms with Gasteiger partial charge >= 0.3 is 6.03 Å². The molecular formula is C9H18N2O4. The number of hydrogen-bond donors (Lipinski definition) is 3. The lowest BCUT2D eigenvalue weighted by Gasteiger charge is -2.23. The molecular weight excluding hydrogens is 200 g/mol. The molecule has 1 aliphatic rings. The fourth-order valence-electron chi connectivity index (χ4n) is 1.48. The Balaban J connectivity index is 2.33. The number of nitrogens with zero attached hydrogens (tertiary/aromatic N) is 1. The summed E-state index contributed by atoms with van der Waals surface area (Å²) in [4.78, 5) is 13.0. The van der Waals surface area contributed by atoms with Crippen LogP contribution in [0.2, 0.25) is 0 Å². The number of amides is 2. The van der Waals surface area contributed by atoms with Crippen LogP contribution in [-0.4, -0.2) is 60.3 Å². The highest BCUT2D eigenvalue weighted by molar-refractivity contribution is 5.74. The fraction of sp³-hybridized carbons (Fsp3) is 0.889. The molecule has 0 aromatic carbocycles. The minimum absolute atomic E-state index is 0.112. The maximum atomic E-state index is 11.6. The van der Waals surface area contributed by atoms with Crippen molar-refractivity contribution in [2.45, 2.75) is 19.1 Å². The molecule has 0 spiro atoms. The first kappa shape index (κ1) is 12.2. The summed E-state index contributed by atoms with van der Waals surface area (Å²) in [6, 6.07) is -0.301. The molecule has 6 heteroatoms. The van der Waals surface area contributed by atoms with E-state index in [9.17, 15) is 4.79 Å².